The first-order valence-corrected chi connectivity index (χ1v) is 6.37. The average Bonchev–Trinajstić information content (AvgIpc) is 2.94. The zero-order chi connectivity index (χ0) is 12.3. The van der Waals surface area contributed by atoms with E-state index in [9.17, 15) is 0 Å². The highest BCUT2D eigenvalue weighted by Crippen LogP contribution is 2.32. The maximum atomic E-state index is 5.44. The topological polar surface area (TPSA) is 47.3 Å². The van der Waals surface area contributed by atoms with Gasteiger partial charge in [0.05, 0.1) is 12.0 Å². The van der Waals surface area contributed by atoms with E-state index in [1.807, 2.05) is 11.4 Å². The van der Waals surface area contributed by atoms with E-state index in [1.165, 1.54) is 6.39 Å². The van der Waals surface area contributed by atoms with Crippen molar-refractivity contribution in [2.45, 2.75) is 26.4 Å². The molecule has 0 saturated carbocycles. The zero-order valence-corrected chi connectivity index (χ0v) is 11.0. The van der Waals surface area contributed by atoms with Gasteiger partial charge in [0.15, 0.2) is 12.2 Å². The smallest absolute Gasteiger partial charge is 0.181 e. The highest BCUT2D eigenvalue weighted by molar-refractivity contribution is 7.13. The molecule has 92 valence electrons. The van der Waals surface area contributed by atoms with Crippen LogP contribution in [-0.4, -0.2) is 18.1 Å². The van der Waals surface area contributed by atoms with Gasteiger partial charge in [-0.25, -0.2) is 4.98 Å². The van der Waals surface area contributed by atoms with Crippen molar-refractivity contribution in [3.05, 3.63) is 23.5 Å². The Morgan fingerprint density at radius 2 is 2.35 bits per heavy atom. The first-order chi connectivity index (χ1) is 8.20. The first-order valence-electron chi connectivity index (χ1n) is 5.49. The minimum absolute atomic E-state index is 0.428. The predicted octanol–water partition coefficient (Wildman–Crippen LogP) is 2.91. The maximum absolute atomic E-state index is 5.44. The molecule has 2 aromatic heterocycles. The molecule has 0 amide bonds. The Bertz CT molecular complexity index is 476. The second-order valence-corrected chi connectivity index (χ2v) is 4.93. The summed E-state index contributed by atoms with van der Waals surface area (Å²) in [5.41, 5.74) is 0.934. The van der Waals surface area contributed by atoms with Gasteiger partial charge in [0.1, 0.15) is 11.4 Å². The van der Waals surface area contributed by atoms with E-state index in [0.29, 0.717) is 12.6 Å². The Morgan fingerprint density at radius 1 is 1.53 bits per heavy atom. The summed E-state index contributed by atoms with van der Waals surface area (Å²) in [4.78, 5) is 5.28. The van der Waals surface area contributed by atoms with Crippen LogP contribution in [0, 0.1) is 0 Å². The van der Waals surface area contributed by atoms with E-state index >= 15 is 0 Å². The van der Waals surface area contributed by atoms with Gasteiger partial charge in [0.2, 0.25) is 0 Å². The Labute approximate surface area is 105 Å². The summed E-state index contributed by atoms with van der Waals surface area (Å²) in [6, 6.07) is 2.39. The Kier molecular flexibility index (Phi) is 3.81. The average molecular weight is 252 g/mol. The van der Waals surface area contributed by atoms with Gasteiger partial charge in [-0.15, -0.1) is 11.3 Å². The largest absolute Gasteiger partial charge is 0.496 e. The van der Waals surface area contributed by atoms with Crippen LogP contribution in [0.5, 0.6) is 5.75 Å². The number of oxazole rings is 1. The quantitative estimate of drug-likeness (QED) is 0.888. The van der Waals surface area contributed by atoms with Gasteiger partial charge in [-0.05, 0) is 0 Å². The van der Waals surface area contributed by atoms with Crippen LogP contribution >= 0.6 is 11.3 Å². The van der Waals surface area contributed by atoms with Gasteiger partial charge < -0.3 is 14.5 Å². The maximum Gasteiger partial charge on any atom is 0.181 e. The van der Waals surface area contributed by atoms with Crippen molar-refractivity contribution < 1.29 is 9.15 Å². The number of ether oxygens (including phenoxy) is 1. The summed E-state index contributed by atoms with van der Waals surface area (Å²) < 4.78 is 10.6. The fourth-order valence-electron chi connectivity index (χ4n) is 1.44. The molecule has 0 radical (unpaired) electrons. The molecule has 17 heavy (non-hydrogen) atoms. The summed E-state index contributed by atoms with van der Waals surface area (Å²) in [6.45, 7) is 4.92. The molecule has 0 fully saturated rings. The molecule has 2 rings (SSSR count). The second kappa shape index (κ2) is 5.33. The second-order valence-electron chi connectivity index (χ2n) is 4.01. The molecular weight excluding hydrogens is 236 g/mol. The van der Waals surface area contributed by atoms with Gasteiger partial charge >= 0.3 is 0 Å². The van der Waals surface area contributed by atoms with E-state index in [2.05, 4.69) is 24.1 Å². The number of rotatable bonds is 5. The number of hydrogen-bond acceptors (Lipinski definition) is 5. The zero-order valence-electron chi connectivity index (χ0n) is 10.2. The third kappa shape index (κ3) is 2.87. The van der Waals surface area contributed by atoms with Crippen LogP contribution in [0.1, 0.15) is 19.5 Å². The van der Waals surface area contributed by atoms with Crippen molar-refractivity contribution in [1.29, 1.82) is 0 Å². The van der Waals surface area contributed by atoms with Crippen LogP contribution in [0.3, 0.4) is 0 Å². The monoisotopic (exact) mass is 252 g/mol. The third-order valence-corrected chi connectivity index (χ3v) is 3.26. The number of thiophene rings is 1. The Balaban J connectivity index is 2.18. The molecule has 2 heterocycles. The number of nitrogens with one attached hydrogen (secondary N) is 1. The van der Waals surface area contributed by atoms with Crippen molar-refractivity contribution in [2.75, 3.05) is 7.11 Å². The molecule has 1 N–H and O–H groups in total. The summed E-state index contributed by atoms with van der Waals surface area (Å²) in [5.74, 6) is 1.68. The molecule has 0 bridgehead atoms. The highest BCUT2D eigenvalue weighted by Gasteiger charge is 2.13. The first kappa shape index (κ1) is 12.1. The van der Waals surface area contributed by atoms with Crippen molar-refractivity contribution in [3.63, 3.8) is 0 Å². The van der Waals surface area contributed by atoms with Crippen molar-refractivity contribution in [2.24, 2.45) is 0 Å². The van der Waals surface area contributed by atoms with Crippen LogP contribution in [0.25, 0.3) is 10.6 Å². The molecule has 0 spiro atoms. The lowest BCUT2D eigenvalue weighted by Crippen LogP contribution is -2.22. The van der Waals surface area contributed by atoms with Crippen LogP contribution < -0.4 is 10.1 Å². The number of nitrogens with zero attached hydrogens (tertiary/aromatic N) is 1. The van der Waals surface area contributed by atoms with Gasteiger partial charge in [0.25, 0.3) is 0 Å². The Hall–Kier alpha value is -1.33. The molecule has 0 aliphatic rings. The molecule has 0 aromatic carbocycles. The SMILES string of the molecule is COc1csc(-c2ocnc2CNC(C)C)c1. The molecule has 2 aromatic rings. The normalized spacial score (nSPS) is 11.1. The van der Waals surface area contributed by atoms with Crippen molar-refractivity contribution in [1.82, 2.24) is 10.3 Å². The van der Waals surface area contributed by atoms with Crippen LogP contribution in [0.4, 0.5) is 0 Å². The lowest BCUT2D eigenvalue weighted by atomic mass is 10.2. The Morgan fingerprint density at radius 3 is 3.00 bits per heavy atom. The standard InChI is InChI=1S/C12H16N2O2S/c1-8(2)13-5-10-12(16-7-14-10)11-4-9(15-3)6-17-11/h4,6-8,13H,5H2,1-3H3. The van der Waals surface area contributed by atoms with Crippen molar-refractivity contribution >= 4 is 11.3 Å². The molecule has 0 saturated heterocycles. The van der Waals surface area contributed by atoms with Crippen LogP contribution in [-0.2, 0) is 6.54 Å². The minimum Gasteiger partial charge on any atom is -0.496 e. The van der Waals surface area contributed by atoms with Gasteiger partial charge in [-0.3, -0.25) is 0 Å². The fraction of sp³-hybridized carbons (Fsp3) is 0.417. The van der Waals surface area contributed by atoms with E-state index in [-0.39, 0.29) is 0 Å². The summed E-state index contributed by atoms with van der Waals surface area (Å²) in [5, 5.41) is 5.29. The van der Waals surface area contributed by atoms with Gasteiger partial charge in [-0.2, -0.15) is 0 Å². The molecule has 5 heteroatoms. The van der Waals surface area contributed by atoms with Gasteiger partial charge in [0, 0.05) is 24.0 Å². The van der Waals surface area contributed by atoms with Crippen molar-refractivity contribution in [3.8, 4) is 16.4 Å². The summed E-state index contributed by atoms with van der Waals surface area (Å²) in [6.07, 6.45) is 1.48. The van der Waals surface area contributed by atoms with E-state index < -0.39 is 0 Å². The number of methoxy groups -OCH3 is 1. The number of aromatic nitrogens is 1. The molecular formula is C12H16N2O2S. The van der Waals surface area contributed by atoms with E-state index in [0.717, 1.165) is 22.1 Å². The van der Waals surface area contributed by atoms with Gasteiger partial charge in [-0.1, -0.05) is 13.8 Å². The molecule has 0 atom stereocenters. The van der Waals surface area contributed by atoms with Crippen LogP contribution in [0.2, 0.25) is 0 Å². The lowest BCUT2D eigenvalue weighted by Gasteiger charge is -2.06. The lowest BCUT2D eigenvalue weighted by molar-refractivity contribution is 0.416. The highest BCUT2D eigenvalue weighted by atomic mass is 32.1. The summed E-state index contributed by atoms with van der Waals surface area (Å²) >= 11 is 1.59. The van der Waals surface area contributed by atoms with E-state index in [4.69, 9.17) is 9.15 Å². The summed E-state index contributed by atoms with van der Waals surface area (Å²) in [7, 11) is 1.66. The third-order valence-electron chi connectivity index (χ3n) is 2.35. The minimum atomic E-state index is 0.428. The fourth-order valence-corrected chi connectivity index (χ4v) is 2.31. The number of hydrogen-bond donors (Lipinski definition) is 1. The molecule has 4 nitrogen and oxygen atoms in total. The molecule has 0 unspecified atom stereocenters. The van der Waals surface area contributed by atoms with E-state index in [1.54, 1.807) is 18.4 Å². The predicted molar refractivity (Wildman–Crippen MR) is 68.3 cm³/mol. The molecule has 0 aliphatic carbocycles. The molecule has 0 aliphatic heterocycles. The van der Waals surface area contributed by atoms with Crippen LogP contribution in [0.15, 0.2) is 22.3 Å².